The van der Waals surface area contributed by atoms with Crippen LogP contribution in [0.4, 0.5) is 11.4 Å². The fourth-order valence-electron chi connectivity index (χ4n) is 1.74. The molecule has 0 aromatic heterocycles. The monoisotopic (exact) mass is 350 g/mol. The van der Waals surface area contributed by atoms with Crippen LogP contribution in [0.3, 0.4) is 0 Å². The minimum Gasteiger partial charge on any atom is -0.507 e. The number of nitrogens with one attached hydrogen (secondary N) is 1. The number of aromatic hydroxyl groups is 1. The average molecular weight is 351 g/mol. The number of nitrogens with zero attached hydrogens (tertiary/aromatic N) is 1. The summed E-state index contributed by atoms with van der Waals surface area (Å²) in [6.45, 7) is 1.80. The number of phenols is 1. The van der Waals surface area contributed by atoms with E-state index in [-0.39, 0.29) is 17.0 Å². The number of aryl methyl sites for hydroxylation is 1. The van der Waals surface area contributed by atoms with Crippen molar-refractivity contribution in [3.63, 3.8) is 0 Å². The first-order chi connectivity index (χ1) is 9.88. The summed E-state index contributed by atoms with van der Waals surface area (Å²) in [7, 11) is 0. The summed E-state index contributed by atoms with van der Waals surface area (Å²) >= 11 is 3.16. The van der Waals surface area contributed by atoms with E-state index in [4.69, 9.17) is 0 Å². The molecule has 6 nitrogen and oxygen atoms in total. The highest BCUT2D eigenvalue weighted by Crippen LogP contribution is 2.28. The van der Waals surface area contributed by atoms with Crippen molar-refractivity contribution in [2.24, 2.45) is 0 Å². The van der Waals surface area contributed by atoms with Gasteiger partial charge in [0.15, 0.2) is 0 Å². The molecule has 0 radical (unpaired) electrons. The molecule has 0 unspecified atom stereocenters. The molecule has 2 N–H and O–H groups in total. The fraction of sp³-hybridized carbons (Fsp3) is 0.0714. The van der Waals surface area contributed by atoms with E-state index in [2.05, 4.69) is 21.2 Å². The molecule has 0 saturated heterocycles. The molecule has 2 aromatic carbocycles. The third-order valence-electron chi connectivity index (χ3n) is 2.81. The number of rotatable bonds is 3. The molecule has 0 fully saturated rings. The molecule has 2 aromatic rings. The standard InChI is InChI=1S/C14H11BrN2O4/c1-8-2-4-10(13(18)6-8)14(19)16-12-5-3-9(17(20)21)7-11(12)15/h2-7,18H,1H3,(H,16,19). The molecule has 0 aliphatic rings. The van der Waals surface area contributed by atoms with Crippen LogP contribution in [0.2, 0.25) is 0 Å². The van der Waals surface area contributed by atoms with Crippen LogP contribution in [-0.2, 0) is 0 Å². The van der Waals surface area contributed by atoms with Crippen LogP contribution < -0.4 is 5.32 Å². The smallest absolute Gasteiger partial charge is 0.270 e. The number of carbonyl (C=O) groups excluding carboxylic acids is 1. The van der Waals surface area contributed by atoms with Gasteiger partial charge in [-0.25, -0.2) is 0 Å². The molecule has 0 bridgehead atoms. The number of nitro benzene ring substituents is 1. The summed E-state index contributed by atoms with van der Waals surface area (Å²) in [5, 5.41) is 23.0. The third kappa shape index (κ3) is 3.38. The molecule has 0 atom stereocenters. The quantitative estimate of drug-likeness (QED) is 0.652. The molecule has 0 heterocycles. The number of amides is 1. The Hall–Kier alpha value is -2.41. The van der Waals surface area contributed by atoms with E-state index in [1.54, 1.807) is 13.0 Å². The topological polar surface area (TPSA) is 92.5 Å². The van der Waals surface area contributed by atoms with Gasteiger partial charge in [-0.1, -0.05) is 6.07 Å². The summed E-state index contributed by atoms with van der Waals surface area (Å²) in [5.41, 5.74) is 1.26. The number of hydrogen-bond donors (Lipinski definition) is 2. The second-order valence-electron chi connectivity index (χ2n) is 4.40. The van der Waals surface area contributed by atoms with Crippen LogP contribution in [0.15, 0.2) is 40.9 Å². The lowest BCUT2D eigenvalue weighted by Gasteiger charge is -2.09. The fourth-order valence-corrected chi connectivity index (χ4v) is 2.21. The SMILES string of the molecule is Cc1ccc(C(=O)Nc2ccc([N+](=O)[O-])cc2Br)c(O)c1. The van der Waals surface area contributed by atoms with Gasteiger partial charge in [0.05, 0.1) is 16.2 Å². The molecular formula is C14H11BrN2O4. The highest BCUT2D eigenvalue weighted by atomic mass is 79.9. The highest BCUT2D eigenvalue weighted by Gasteiger charge is 2.14. The second-order valence-corrected chi connectivity index (χ2v) is 5.25. The van der Waals surface area contributed by atoms with Gasteiger partial charge in [-0.15, -0.1) is 0 Å². The summed E-state index contributed by atoms with van der Waals surface area (Å²) in [6.07, 6.45) is 0. The van der Waals surface area contributed by atoms with E-state index in [1.165, 1.54) is 30.3 Å². The van der Waals surface area contributed by atoms with Gasteiger partial charge in [-0.05, 0) is 46.6 Å². The predicted octanol–water partition coefficient (Wildman–Crippen LogP) is 3.62. The van der Waals surface area contributed by atoms with Crippen molar-refractivity contribution >= 4 is 33.2 Å². The number of halogens is 1. The minimum atomic E-state index is -0.526. The van der Waals surface area contributed by atoms with E-state index >= 15 is 0 Å². The molecule has 0 aliphatic heterocycles. The zero-order chi connectivity index (χ0) is 15.6. The van der Waals surface area contributed by atoms with Crippen LogP contribution in [0, 0.1) is 17.0 Å². The van der Waals surface area contributed by atoms with Crippen LogP contribution in [0.1, 0.15) is 15.9 Å². The minimum absolute atomic E-state index is 0.0851. The Labute approximate surface area is 128 Å². The average Bonchev–Trinajstić information content (AvgIpc) is 2.40. The van der Waals surface area contributed by atoms with Crippen molar-refractivity contribution in [2.45, 2.75) is 6.92 Å². The molecule has 0 saturated carbocycles. The predicted molar refractivity (Wildman–Crippen MR) is 81.6 cm³/mol. The second kappa shape index (κ2) is 5.92. The summed E-state index contributed by atoms with van der Waals surface area (Å²) in [6, 6.07) is 8.71. The molecule has 108 valence electrons. The van der Waals surface area contributed by atoms with Gasteiger partial charge >= 0.3 is 0 Å². The largest absolute Gasteiger partial charge is 0.507 e. The van der Waals surface area contributed by atoms with Crippen molar-refractivity contribution in [3.8, 4) is 5.75 Å². The zero-order valence-electron chi connectivity index (χ0n) is 11.0. The van der Waals surface area contributed by atoms with Gasteiger partial charge in [-0.3, -0.25) is 14.9 Å². The van der Waals surface area contributed by atoms with Crippen molar-refractivity contribution < 1.29 is 14.8 Å². The van der Waals surface area contributed by atoms with Crippen LogP contribution in [0.5, 0.6) is 5.75 Å². The van der Waals surface area contributed by atoms with Gasteiger partial charge in [0.2, 0.25) is 0 Å². The number of non-ortho nitro benzene ring substituents is 1. The molecule has 1 amide bonds. The van der Waals surface area contributed by atoms with Crippen LogP contribution >= 0.6 is 15.9 Å². The number of anilines is 1. The van der Waals surface area contributed by atoms with E-state index in [1.807, 2.05) is 0 Å². The highest BCUT2D eigenvalue weighted by molar-refractivity contribution is 9.10. The van der Waals surface area contributed by atoms with Gasteiger partial charge in [0.1, 0.15) is 5.75 Å². The van der Waals surface area contributed by atoms with E-state index < -0.39 is 10.8 Å². The number of nitro groups is 1. The summed E-state index contributed by atoms with van der Waals surface area (Å²) < 4.78 is 0.386. The Morgan fingerprint density at radius 3 is 2.57 bits per heavy atom. The van der Waals surface area contributed by atoms with Crippen molar-refractivity contribution in [1.82, 2.24) is 0 Å². The first-order valence-electron chi connectivity index (χ1n) is 5.93. The number of hydrogen-bond acceptors (Lipinski definition) is 4. The van der Waals surface area contributed by atoms with Gasteiger partial charge in [0, 0.05) is 16.6 Å². The normalized spacial score (nSPS) is 10.2. The molecular weight excluding hydrogens is 340 g/mol. The summed E-state index contributed by atoms with van der Waals surface area (Å²) in [4.78, 5) is 22.2. The van der Waals surface area contributed by atoms with Gasteiger partial charge in [-0.2, -0.15) is 0 Å². The van der Waals surface area contributed by atoms with Crippen LogP contribution in [0.25, 0.3) is 0 Å². The Kier molecular flexibility index (Phi) is 4.23. The lowest BCUT2D eigenvalue weighted by Crippen LogP contribution is -2.12. The van der Waals surface area contributed by atoms with Crippen LogP contribution in [-0.4, -0.2) is 15.9 Å². The summed E-state index contributed by atoms with van der Waals surface area (Å²) in [5.74, 6) is -0.618. The first kappa shape index (κ1) is 15.0. The number of phenolic OH excluding ortho intramolecular Hbond substituents is 1. The Balaban J connectivity index is 2.25. The number of carbonyl (C=O) groups is 1. The molecule has 0 aliphatic carbocycles. The third-order valence-corrected chi connectivity index (χ3v) is 3.47. The maximum absolute atomic E-state index is 12.1. The Morgan fingerprint density at radius 2 is 2.00 bits per heavy atom. The van der Waals surface area contributed by atoms with Gasteiger partial charge < -0.3 is 10.4 Å². The van der Waals surface area contributed by atoms with Crippen molar-refractivity contribution in [3.05, 3.63) is 62.1 Å². The Morgan fingerprint density at radius 1 is 1.29 bits per heavy atom. The maximum atomic E-state index is 12.1. The lowest BCUT2D eigenvalue weighted by atomic mass is 10.1. The molecule has 7 heteroatoms. The van der Waals surface area contributed by atoms with Gasteiger partial charge in [0.25, 0.3) is 11.6 Å². The van der Waals surface area contributed by atoms with E-state index in [0.717, 1.165) is 5.56 Å². The molecule has 0 spiro atoms. The van der Waals surface area contributed by atoms with E-state index in [9.17, 15) is 20.0 Å². The molecule has 2 rings (SSSR count). The Bertz CT molecular complexity index is 731. The zero-order valence-corrected chi connectivity index (χ0v) is 12.5. The van der Waals surface area contributed by atoms with Crippen molar-refractivity contribution in [1.29, 1.82) is 0 Å². The van der Waals surface area contributed by atoms with E-state index in [0.29, 0.717) is 10.2 Å². The van der Waals surface area contributed by atoms with Crippen molar-refractivity contribution in [2.75, 3.05) is 5.32 Å². The maximum Gasteiger partial charge on any atom is 0.270 e. The molecule has 21 heavy (non-hydrogen) atoms. The lowest BCUT2D eigenvalue weighted by molar-refractivity contribution is -0.384. The first-order valence-corrected chi connectivity index (χ1v) is 6.72. The number of benzene rings is 2.